The predicted octanol–water partition coefficient (Wildman–Crippen LogP) is 2.37. The van der Waals surface area contributed by atoms with Gasteiger partial charge in [-0.15, -0.1) is 0 Å². The topological polar surface area (TPSA) is 67.2 Å². The lowest BCUT2D eigenvalue weighted by molar-refractivity contribution is 0.0930. The summed E-state index contributed by atoms with van der Waals surface area (Å²) in [7, 11) is 0. The van der Waals surface area contributed by atoms with Crippen LogP contribution in [-0.2, 0) is 0 Å². The van der Waals surface area contributed by atoms with E-state index in [1.54, 1.807) is 29.1 Å². The molecule has 2 rings (SSSR count). The number of carbonyl (C=O) groups excluding carboxylic acids is 1. The molecule has 1 aromatic carbocycles. The van der Waals surface area contributed by atoms with Crippen LogP contribution < -0.4 is 5.32 Å². The van der Waals surface area contributed by atoms with Gasteiger partial charge in [0.05, 0.1) is 12.3 Å². The molecule has 7 heteroatoms. The zero-order valence-electron chi connectivity index (χ0n) is 12.4. The number of carbonyl (C=O) groups is 1. The first-order valence-electron chi connectivity index (χ1n) is 6.81. The zero-order chi connectivity index (χ0) is 16.1. The van der Waals surface area contributed by atoms with E-state index in [1.807, 2.05) is 25.3 Å². The minimum absolute atomic E-state index is 0.0135. The van der Waals surface area contributed by atoms with Crippen molar-refractivity contribution in [3.63, 3.8) is 0 Å². The molecule has 2 atom stereocenters. The Morgan fingerprint density at radius 2 is 2.27 bits per heavy atom. The van der Waals surface area contributed by atoms with Crippen molar-refractivity contribution in [2.24, 2.45) is 0 Å². The fraction of sp³-hybridized carbons (Fsp3) is 0.333. The summed E-state index contributed by atoms with van der Waals surface area (Å²) >= 11 is 7.47. The summed E-state index contributed by atoms with van der Waals surface area (Å²) in [4.78, 5) is 12.2. The number of benzene rings is 1. The van der Waals surface area contributed by atoms with E-state index in [2.05, 4.69) is 10.4 Å². The van der Waals surface area contributed by atoms with Crippen molar-refractivity contribution in [1.29, 1.82) is 0 Å². The van der Waals surface area contributed by atoms with Crippen molar-refractivity contribution < 1.29 is 9.90 Å². The highest BCUT2D eigenvalue weighted by molar-refractivity contribution is 7.99. The molecule has 2 N–H and O–H groups in total. The van der Waals surface area contributed by atoms with Crippen molar-refractivity contribution in [2.45, 2.75) is 18.2 Å². The van der Waals surface area contributed by atoms with Gasteiger partial charge in [0.1, 0.15) is 0 Å². The standard InChI is InChI=1S/C15H18ClN3O2S/c1-10(14(9-20)22-2)17-15(21)13-6-7-19(18-13)12-5-3-4-11(16)8-12/h3-8,10,14,20H,9H2,1-2H3,(H,17,21). The summed E-state index contributed by atoms with van der Waals surface area (Å²) < 4.78 is 1.60. The minimum atomic E-state index is -0.263. The Kier molecular flexibility index (Phi) is 5.88. The quantitative estimate of drug-likeness (QED) is 0.848. The Balaban J connectivity index is 2.09. The second-order valence-corrected chi connectivity index (χ2v) is 6.36. The van der Waals surface area contributed by atoms with Gasteiger partial charge in [-0.05, 0) is 37.4 Å². The normalized spacial score (nSPS) is 13.6. The maximum atomic E-state index is 12.2. The highest BCUT2D eigenvalue weighted by Gasteiger charge is 2.19. The van der Waals surface area contributed by atoms with Crippen LogP contribution in [0.5, 0.6) is 0 Å². The predicted molar refractivity (Wildman–Crippen MR) is 89.9 cm³/mol. The fourth-order valence-electron chi connectivity index (χ4n) is 2.02. The van der Waals surface area contributed by atoms with Gasteiger partial charge in [0.2, 0.25) is 0 Å². The summed E-state index contributed by atoms with van der Waals surface area (Å²) in [5.74, 6) is -0.263. The van der Waals surface area contributed by atoms with Gasteiger partial charge in [0.25, 0.3) is 5.91 Å². The number of aliphatic hydroxyl groups is 1. The number of amides is 1. The number of nitrogens with one attached hydrogen (secondary N) is 1. The van der Waals surface area contributed by atoms with E-state index in [4.69, 9.17) is 11.6 Å². The number of hydrogen-bond acceptors (Lipinski definition) is 4. The molecule has 22 heavy (non-hydrogen) atoms. The summed E-state index contributed by atoms with van der Waals surface area (Å²) in [5, 5.41) is 16.9. The first kappa shape index (κ1) is 16.9. The molecule has 0 saturated heterocycles. The van der Waals surface area contributed by atoms with Crippen molar-refractivity contribution in [3.8, 4) is 5.69 Å². The van der Waals surface area contributed by atoms with Crippen LogP contribution in [0.4, 0.5) is 0 Å². The first-order chi connectivity index (χ1) is 10.5. The molecular weight excluding hydrogens is 322 g/mol. The maximum Gasteiger partial charge on any atom is 0.272 e. The van der Waals surface area contributed by atoms with Gasteiger partial charge in [-0.1, -0.05) is 17.7 Å². The minimum Gasteiger partial charge on any atom is -0.395 e. The Hall–Kier alpha value is -1.50. The maximum absolute atomic E-state index is 12.2. The largest absolute Gasteiger partial charge is 0.395 e. The van der Waals surface area contributed by atoms with Crippen molar-refractivity contribution in [3.05, 3.63) is 47.2 Å². The Labute approximate surface area is 138 Å². The van der Waals surface area contributed by atoms with Crippen LogP contribution in [0.3, 0.4) is 0 Å². The molecule has 0 aliphatic carbocycles. The Bertz CT molecular complexity index is 643. The van der Waals surface area contributed by atoms with Crippen LogP contribution >= 0.6 is 23.4 Å². The van der Waals surface area contributed by atoms with Crippen LogP contribution in [0.2, 0.25) is 5.02 Å². The molecule has 2 unspecified atom stereocenters. The SMILES string of the molecule is CSC(CO)C(C)NC(=O)c1ccn(-c2cccc(Cl)c2)n1. The molecule has 0 bridgehead atoms. The molecule has 0 fully saturated rings. The second-order valence-electron chi connectivity index (χ2n) is 4.84. The number of rotatable bonds is 6. The van der Waals surface area contributed by atoms with Gasteiger partial charge in [0.15, 0.2) is 5.69 Å². The van der Waals surface area contributed by atoms with Crippen molar-refractivity contribution in [2.75, 3.05) is 12.9 Å². The van der Waals surface area contributed by atoms with Crippen molar-refractivity contribution >= 4 is 29.3 Å². The molecule has 1 amide bonds. The van der Waals surface area contributed by atoms with Gasteiger partial charge < -0.3 is 10.4 Å². The number of aromatic nitrogens is 2. The lowest BCUT2D eigenvalue weighted by atomic mass is 10.2. The molecule has 0 radical (unpaired) electrons. The van der Waals surface area contributed by atoms with Crippen LogP contribution in [-0.4, -0.2) is 44.9 Å². The lowest BCUT2D eigenvalue weighted by Gasteiger charge is -2.20. The van der Waals surface area contributed by atoms with Gasteiger partial charge in [0, 0.05) is 22.5 Å². The number of nitrogens with zero attached hydrogens (tertiary/aromatic N) is 2. The Morgan fingerprint density at radius 1 is 1.50 bits per heavy atom. The number of aliphatic hydroxyl groups excluding tert-OH is 1. The number of hydrogen-bond donors (Lipinski definition) is 2. The van der Waals surface area contributed by atoms with E-state index >= 15 is 0 Å². The molecule has 0 aliphatic heterocycles. The number of halogens is 1. The highest BCUT2D eigenvalue weighted by atomic mass is 35.5. The van der Waals surface area contributed by atoms with Crippen LogP contribution in [0, 0.1) is 0 Å². The summed E-state index contributed by atoms with van der Waals surface area (Å²) in [6.45, 7) is 1.88. The highest BCUT2D eigenvalue weighted by Crippen LogP contribution is 2.15. The molecule has 1 aromatic heterocycles. The molecule has 0 spiro atoms. The van der Waals surface area contributed by atoms with E-state index in [9.17, 15) is 9.90 Å². The monoisotopic (exact) mass is 339 g/mol. The molecule has 1 heterocycles. The lowest BCUT2D eigenvalue weighted by Crippen LogP contribution is -2.41. The summed E-state index contributed by atoms with van der Waals surface area (Å²) in [6, 6.07) is 8.74. The van der Waals surface area contributed by atoms with Crippen LogP contribution in [0.1, 0.15) is 17.4 Å². The molecule has 0 aliphatic rings. The third kappa shape index (κ3) is 4.03. The molecule has 0 saturated carbocycles. The molecule has 5 nitrogen and oxygen atoms in total. The zero-order valence-corrected chi connectivity index (χ0v) is 13.9. The fourth-order valence-corrected chi connectivity index (χ4v) is 2.83. The van der Waals surface area contributed by atoms with E-state index < -0.39 is 0 Å². The van der Waals surface area contributed by atoms with E-state index in [-0.39, 0.29) is 23.8 Å². The summed E-state index contributed by atoms with van der Waals surface area (Å²) in [5.41, 5.74) is 1.11. The summed E-state index contributed by atoms with van der Waals surface area (Å²) in [6.07, 6.45) is 3.61. The van der Waals surface area contributed by atoms with E-state index in [0.29, 0.717) is 10.7 Å². The van der Waals surface area contributed by atoms with Gasteiger partial charge in [-0.25, -0.2) is 4.68 Å². The Morgan fingerprint density at radius 3 is 2.91 bits per heavy atom. The van der Waals surface area contributed by atoms with E-state index in [1.165, 1.54) is 11.8 Å². The van der Waals surface area contributed by atoms with E-state index in [0.717, 1.165) is 5.69 Å². The third-order valence-electron chi connectivity index (χ3n) is 3.29. The van der Waals surface area contributed by atoms with Crippen LogP contribution in [0.15, 0.2) is 36.5 Å². The first-order valence-corrected chi connectivity index (χ1v) is 8.48. The van der Waals surface area contributed by atoms with Crippen LogP contribution in [0.25, 0.3) is 5.69 Å². The average molecular weight is 340 g/mol. The van der Waals surface area contributed by atoms with Crippen molar-refractivity contribution in [1.82, 2.24) is 15.1 Å². The average Bonchev–Trinajstić information content (AvgIpc) is 2.98. The third-order valence-corrected chi connectivity index (χ3v) is 4.69. The second kappa shape index (κ2) is 7.67. The smallest absolute Gasteiger partial charge is 0.272 e. The van der Waals surface area contributed by atoms with Gasteiger partial charge in [-0.2, -0.15) is 16.9 Å². The number of thioether (sulfide) groups is 1. The van der Waals surface area contributed by atoms with Gasteiger partial charge >= 0.3 is 0 Å². The molecule has 118 valence electrons. The molecular formula is C15H18ClN3O2S. The molecule has 2 aromatic rings. The van der Waals surface area contributed by atoms with Gasteiger partial charge in [-0.3, -0.25) is 4.79 Å².